The molecule has 3 aromatic heterocycles. The molecule has 2 aliphatic rings. The molecule has 216 valence electrons. The number of hydrogen-bond donors (Lipinski definition) is 5. The van der Waals surface area contributed by atoms with Gasteiger partial charge < -0.3 is 31.1 Å². The normalized spacial score (nSPS) is 18.8. The van der Waals surface area contributed by atoms with Gasteiger partial charge >= 0.3 is 12.1 Å². The van der Waals surface area contributed by atoms with Crippen molar-refractivity contribution in [1.29, 1.82) is 0 Å². The van der Waals surface area contributed by atoms with Crippen LogP contribution in [0.15, 0.2) is 30.6 Å². The van der Waals surface area contributed by atoms with Crippen LogP contribution in [0.2, 0.25) is 0 Å². The molecular weight excluding hydrogens is 540 g/mol. The van der Waals surface area contributed by atoms with Crippen LogP contribution < -0.4 is 26.0 Å². The molecule has 1 aliphatic carbocycles. The molecular formula is C24H28F4N8O4. The summed E-state index contributed by atoms with van der Waals surface area (Å²) in [5.41, 5.74) is 2.08. The van der Waals surface area contributed by atoms with Crippen LogP contribution in [0.25, 0.3) is 5.65 Å². The number of nitrogens with one attached hydrogen (secondary N) is 4. The van der Waals surface area contributed by atoms with Crippen LogP contribution in [0.5, 0.6) is 5.88 Å². The molecule has 1 amide bonds. The number of carboxylic acids is 1. The van der Waals surface area contributed by atoms with Crippen molar-refractivity contribution >= 4 is 34.7 Å². The topological polar surface area (TPSA) is 155 Å². The molecule has 4 heterocycles. The third-order valence-corrected chi connectivity index (χ3v) is 6.19. The first-order valence-corrected chi connectivity index (χ1v) is 12.4. The lowest BCUT2D eigenvalue weighted by Crippen LogP contribution is -2.30. The van der Waals surface area contributed by atoms with E-state index in [-0.39, 0.29) is 5.69 Å². The number of imidazole rings is 1. The number of pyridine rings is 1. The van der Waals surface area contributed by atoms with Crippen LogP contribution in [-0.4, -0.2) is 81.7 Å². The first-order chi connectivity index (χ1) is 19.1. The monoisotopic (exact) mass is 568 g/mol. The van der Waals surface area contributed by atoms with E-state index >= 15 is 0 Å². The van der Waals surface area contributed by atoms with Gasteiger partial charge in [-0.1, -0.05) is 0 Å². The first kappa shape index (κ1) is 28.8. The maximum atomic E-state index is 13.2. The van der Waals surface area contributed by atoms with Crippen molar-refractivity contribution < 1.29 is 37.0 Å². The van der Waals surface area contributed by atoms with Crippen molar-refractivity contribution in [3.8, 4) is 5.88 Å². The Labute approximate surface area is 225 Å². The Bertz CT molecular complexity index is 1350. The van der Waals surface area contributed by atoms with Crippen LogP contribution in [0.3, 0.4) is 0 Å². The second-order valence-electron chi connectivity index (χ2n) is 9.19. The Morgan fingerprint density at radius 2 is 1.93 bits per heavy atom. The number of piperidine rings is 1. The molecule has 0 spiro atoms. The molecule has 0 radical (unpaired) electrons. The predicted octanol–water partition coefficient (Wildman–Crippen LogP) is 2.76. The summed E-state index contributed by atoms with van der Waals surface area (Å²) in [6.07, 6.45) is -0.447. The van der Waals surface area contributed by atoms with E-state index in [1.54, 1.807) is 19.3 Å². The molecule has 2 atom stereocenters. The quantitative estimate of drug-likeness (QED) is 0.256. The standard InChI is InChI=1S/C22H27FN8O2.C2HF3O2/c1-24-17-10-19(30-31-18(11-27-20(17)31)21(32)29-16-9-14(16)23)28-15-3-2-6-26-22(15)33-12-13-4-7-25-8-5-13;3-2(4,5)1(6)7/h2-3,6,10-11,13-14,16,24-25H,4-5,7-9,12H2,1H3,(H,28,30)(H,29,32);(H,6,7)/t14-,16?;/m0./s1. The largest absolute Gasteiger partial charge is 0.490 e. The average molecular weight is 569 g/mol. The van der Waals surface area contributed by atoms with Gasteiger partial charge in [-0.05, 0) is 44.0 Å². The summed E-state index contributed by atoms with van der Waals surface area (Å²) in [6, 6.07) is 5.04. The van der Waals surface area contributed by atoms with Gasteiger partial charge in [-0.3, -0.25) is 4.79 Å². The molecule has 1 unspecified atom stereocenters. The number of hydrogen-bond acceptors (Lipinski definition) is 9. The van der Waals surface area contributed by atoms with Crippen LogP contribution in [-0.2, 0) is 4.79 Å². The second-order valence-corrected chi connectivity index (χ2v) is 9.19. The number of anilines is 3. The summed E-state index contributed by atoms with van der Waals surface area (Å²) < 4.78 is 52.5. The minimum absolute atomic E-state index is 0.234. The van der Waals surface area contributed by atoms with Crippen LogP contribution >= 0.6 is 0 Å². The van der Waals surface area contributed by atoms with Gasteiger partial charge in [0.25, 0.3) is 5.91 Å². The fraction of sp³-hybridized carbons (Fsp3) is 0.458. The summed E-state index contributed by atoms with van der Waals surface area (Å²) in [5, 5.41) is 24.0. The smallest absolute Gasteiger partial charge is 0.476 e. The SMILES string of the molecule is CNc1cc(Nc2cccnc2OCC2CCNCC2)nn2c(C(=O)NC3C[C@@H]3F)cnc12.O=C(O)C(F)(F)F. The molecule has 40 heavy (non-hydrogen) atoms. The lowest BCUT2D eigenvalue weighted by atomic mass is 9.99. The van der Waals surface area contributed by atoms with Crippen molar-refractivity contribution in [2.24, 2.45) is 5.92 Å². The van der Waals surface area contributed by atoms with E-state index in [1.165, 1.54) is 10.7 Å². The molecule has 3 aromatic rings. The fourth-order valence-electron chi connectivity index (χ4n) is 3.91. The molecule has 1 aliphatic heterocycles. The number of fused-ring (bicyclic) bond motifs is 1. The third-order valence-electron chi connectivity index (χ3n) is 6.19. The zero-order chi connectivity index (χ0) is 28.9. The van der Waals surface area contributed by atoms with Crippen molar-refractivity contribution in [3.05, 3.63) is 36.3 Å². The molecule has 1 saturated carbocycles. The highest BCUT2D eigenvalue weighted by Gasteiger charge is 2.39. The van der Waals surface area contributed by atoms with Gasteiger partial charge in [0.1, 0.15) is 11.9 Å². The predicted molar refractivity (Wildman–Crippen MR) is 136 cm³/mol. The molecule has 5 rings (SSSR count). The van der Waals surface area contributed by atoms with Gasteiger partial charge in [-0.15, -0.1) is 5.10 Å². The average Bonchev–Trinajstić information content (AvgIpc) is 3.44. The van der Waals surface area contributed by atoms with Crippen LogP contribution in [0.4, 0.5) is 34.8 Å². The zero-order valence-electron chi connectivity index (χ0n) is 21.3. The van der Waals surface area contributed by atoms with Crippen molar-refractivity contribution in [2.75, 3.05) is 37.4 Å². The van der Waals surface area contributed by atoms with Crippen molar-refractivity contribution in [1.82, 2.24) is 30.2 Å². The van der Waals surface area contributed by atoms with E-state index in [2.05, 4.69) is 36.3 Å². The fourth-order valence-corrected chi connectivity index (χ4v) is 3.91. The number of aliphatic carboxylic acids is 1. The van der Waals surface area contributed by atoms with Gasteiger partial charge in [-0.25, -0.2) is 23.7 Å². The van der Waals surface area contributed by atoms with Crippen molar-refractivity contribution in [2.45, 2.75) is 37.7 Å². The molecule has 0 aromatic carbocycles. The lowest BCUT2D eigenvalue weighted by molar-refractivity contribution is -0.192. The van der Waals surface area contributed by atoms with Crippen LogP contribution in [0.1, 0.15) is 29.8 Å². The molecule has 2 fully saturated rings. The van der Waals surface area contributed by atoms with E-state index in [4.69, 9.17) is 14.6 Å². The number of carbonyl (C=O) groups is 2. The van der Waals surface area contributed by atoms with Gasteiger partial charge in [0.15, 0.2) is 17.2 Å². The van der Waals surface area contributed by atoms with Gasteiger partial charge in [0, 0.05) is 25.7 Å². The highest BCUT2D eigenvalue weighted by atomic mass is 19.4. The summed E-state index contributed by atoms with van der Waals surface area (Å²) in [6.45, 7) is 2.61. The highest BCUT2D eigenvalue weighted by molar-refractivity contribution is 5.94. The summed E-state index contributed by atoms with van der Waals surface area (Å²) in [7, 11) is 1.77. The lowest BCUT2D eigenvalue weighted by Gasteiger charge is -2.23. The van der Waals surface area contributed by atoms with Gasteiger partial charge in [0.2, 0.25) is 5.88 Å². The minimum Gasteiger partial charge on any atom is -0.476 e. The first-order valence-electron chi connectivity index (χ1n) is 12.4. The number of carboxylic acid groups (broad SMARTS) is 1. The maximum absolute atomic E-state index is 13.2. The number of nitrogens with zero attached hydrogens (tertiary/aromatic N) is 4. The maximum Gasteiger partial charge on any atom is 0.490 e. The number of halogens is 4. The number of amides is 1. The Morgan fingerprint density at radius 1 is 1.23 bits per heavy atom. The molecule has 5 N–H and O–H groups in total. The number of aromatic nitrogens is 4. The van der Waals surface area contributed by atoms with Crippen LogP contribution in [0, 0.1) is 5.92 Å². The number of carbonyl (C=O) groups excluding carboxylic acids is 1. The number of rotatable bonds is 8. The van der Waals surface area contributed by atoms with Gasteiger partial charge in [-0.2, -0.15) is 13.2 Å². The Kier molecular flexibility index (Phi) is 8.86. The Balaban J connectivity index is 0.000000470. The van der Waals surface area contributed by atoms with E-state index < -0.39 is 30.3 Å². The van der Waals surface area contributed by atoms with Crippen molar-refractivity contribution in [3.63, 3.8) is 0 Å². The summed E-state index contributed by atoms with van der Waals surface area (Å²) in [5.74, 6) is -1.70. The molecule has 0 bridgehead atoms. The minimum atomic E-state index is -5.08. The van der Waals surface area contributed by atoms with E-state index in [1.807, 2.05) is 12.1 Å². The summed E-state index contributed by atoms with van der Waals surface area (Å²) in [4.78, 5) is 30.2. The number of alkyl halides is 4. The second kappa shape index (κ2) is 12.3. The molecule has 16 heteroatoms. The Hall–Kier alpha value is -4.21. The summed E-state index contributed by atoms with van der Waals surface area (Å²) >= 11 is 0. The highest BCUT2D eigenvalue weighted by Crippen LogP contribution is 2.29. The third kappa shape index (κ3) is 7.25. The van der Waals surface area contributed by atoms with E-state index in [0.717, 1.165) is 25.9 Å². The molecule has 1 saturated heterocycles. The van der Waals surface area contributed by atoms with Gasteiger partial charge in [0.05, 0.1) is 24.5 Å². The number of ether oxygens (including phenoxy) is 1. The zero-order valence-corrected chi connectivity index (χ0v) is 21.3. The Morgan fingerprint density at radius 3 is 2.55 bits per heavy atom. The van der Waals surface area contributed by atoms with E-state index in [9.17, 15) is 22.4 Å². The molecule has 12 nitrogen and oxygen atoms in total. The van der Waals surface area contributed by atoms with E-state index in [0.29, 0.717) is 47.7 Å².